The van der Waals surface area contributed by atoms with E-state index in [-0.39, 0.29) is 24.2 Å². The van der Waals surface area contributed by atoms with Gasteiger partial charge in [-0.15, -0.1) is 12.4 Å². The molecule has 3 N–H and O–H groups in total. The fraction of sp³-hybridized carbons (Fsp3) is 0.500. The first-order chi connectivity index (χ1) is 9.29. The third kappa shape index (κ3) is 4.61. The van der Waals surface area contributed by atoms with Crippen LogP contribution in [0.1, 0.15) is 36.9 Å². The highest BCUT2D eigenvalue weighted by molar-refractivity contribution is 5.85. The van der Waals surface area contributed by atoms with Gasteiger partial charge in [0.2, 0.25) is 5.91 Å². The maximum absolute atomic E-state index is 12.7. The van der Waals surface area contributed by atoms with Crippen molar-refractivity contribution in [1.29, 1.82) is 0 Å². The van der Waals surface area contributed by atoms with Crippen molar-refractivity contribution < 1.29 is 18.0 Å². The number of nitrogens with two attached hydrogens (primary N) is 1. The van der Waals surface area contributed by atoms with E-state index in [1.165, 1.54) is 6.07 Å². The van der Waals surface area contributed by atoms with E-state index in [9.17, 15) is 18.0 Å². The summed E-state index contributed by atoms with van der Waals surface area (Å²) >= 11 is 0. The molecule has 0 heterocycles. The van der Waals surface area contributed by atoms with Gasteiger partial charge in [-0.05, 0) is 43.4 Å². The second-order valence-corrected chi connectivity index (χ2v) is 5.24. The van der Waals surface area contributed by atoms with Gasteiger partial charge in [0.15, 0.2) is 0 Å². The number of hydrogen-bond donors (Lipinski definition) is 2. The zero-order valence-electron chi connectivity index (χ0n) is 11.5. The van der Waals surface area contributed by atoms with Crippen molar-refractivity contribution in [1.82, 2.24) is 5.32 Å². The Labute approximate surface area is 127 Å². The van der Waals surface area contributed by atoms with Crippen molar-refractivity contribution >= 4 is 18.3 Å². The van der Waals surface area contributed by atoms with E-state index in [1.54, 1.807) is 13.0 Å². The molecule has 1 aromatic rings. The van der Waals surface area contributed by atoms with E-state index < -0.39 is 23.8 Å². The van der Waals surface area contributed by atoms with Gasteiger partial charge in [-0.1, -0.05) is 12.1 Å². The van der Waals surface area contributed by atoms with Crippen molar-refractivity contribution in [3.05, 3.63) is 35.4 Å². The molecule has 2 atom stereocenters. The minimum atomic E-state index is -4.38. The average Bonchev–Trinajstić information content (AvgIpc) is 3.18. The Kier molecular flexibility index (Phi) is 5.64. The number of carbonyl (C=O) groups excluding carboxylic acids is 1. The Morgan fingerprint density at radius 3 is 2.48 bits per heavy atom. The van der Waals surface area contributed by atoms with E-state index in [0.29, 0.717) is 5.56 Å². The number of benzene rings is 1. The highest BCUT2D eigenvalue weighted by atomic mass is 35.5. The van der Waals surface area contributed by atoms with E-state index >= 15 is 0 Å². The topological polar surface area (TPSA) is 55.1 Å². The smallest absolute Gasteiger partial charge is 0.348 e. The maximum Gasteiger partial charge on any atom is 0.416 e. The largest absolute Gasteiger partial charge is 0.416 e. The van der Waals surface area contributed by atoms with Gasteiger partial charge >= 0.3 is 6.18 Å². The van der Waals surface area contributed by atoms with Crippen LogP contribution in [0.3, 0.4) is 0 Å². The lowest BCUT2D eigenvalue weighted by atomic mass is 9.99. The number of rotatable bonds is 4. The van der Waals surface area contributed by atoms with Crippen molar-refractivity contribution in [2.24, 2.45) is 11.7 Å². The summed E-state index contributed by atoms with van der Waals surface area (Å²) in [5.74, 6) is -0.152. The Morgan fingerprint density at radius 1 is 1.38 bits per heavy atom. The van der Waals surface area contributed by atoms with Crippen LogP contribution in [0, 0.1) is 5.92 Å². The predicted octanol–water partition coefficient (Wildman–Crippen LogP) is 3.04. The van der Waals surface area contributed by atoms with Crippen LogP contribution in [-0.4, -0.2) is 11.9 Å². The molecule has 1 aliphatic carbocycles. The molecule has 7 heteroatoms. The molecule has 1 fully saturated rings. The minimum Gasteiger partial charge on any atom is -0.348 e. The van der Waals surface area contributed by atoms with Crippen LogP contribution in [0.5, 0.6) is 0 Å². The van der Waals surface area contributed by atoms with Crippen molar-refractivity contribution in [3.8, 4) is 0 Å². The Hall–Kier alpha value is -1.27. The molecule has 0 bridgehead atoms. The first-order valence-corrected chi connectivity index (χ1v) is 6.52. The summed E-state index contributed by atoms with van der Waals surface area (Å²) in [5.41, 5.74) is 5.27. The monoisotopic (exact) mass is 322 g/mol. The summed E-state index contributed by atoms with van der Waals surface area (Å²) in [7, 11) is 0. The Morgan fingerprint density at radius 2 is 2.00 bits per heavy atom. The first-order valence-electron chi connectivity index (χ1n) is 6.52. The normalized spacial score (nSPS) is 17.6. The molecule has 21 heavy (non-hydrogen) atoms. The van der Waals surface area contributed by atoms with Crippen LogP contribution in [0.15, 0.2) is 24.3 Å². The van der Waals surface area contributed by atoms with Crippen LogP contribution < -0.4 is 11.1 Å². The molecule has 1 aromatic carbocycles. The Balaban J connectivity index is 0.00000220. The van der Waals surface area contributed by atoms with Crippen LogP contribution in [0.25, 0.3) is 0 Å². The van der Waals surface area contributed by atoms with Gasteiger partial charge in [0, 0.05) is 0 Å². The summed E-state index contributed by atoms with van der Waals surface area (Å²) in [6.45, 7) is 1.55. The zero-order chi connectivity index (χ0) is 14.9. The van der Waals surface area contributed by atoms with Crippen LogP contribution in [0.4, 0.5) is 13.2 Å². The van der Waals surface area contributed by atoms with Crippen molar-refractivity contribution in [3.63, 3.8) is 0 Å². The molecule has 3 nitrogen and oxygen atoms in total. The lowest BCUT2D eigenvalue weighted by molar-refractivity contribution is -0.137. The fourth-order valence-electron chi connectivity index (χ4n) is 2.10. The molecule has 0 aliphatic heterocycles. The number of hydrogen-bond acceptors (Lipinski definition) is 2. The number of carbonyl (C=O) groups is 1. The zero-order valence-corrected chi connectivity index (χ0v) is 12.3. The summed E-state index contributed by atoms with van der Waals surface area (Å²) in [6, 6.07) is 4.04. The highest BCUT2D eigenvalue weighted by Gasteiger charge is 2.36. The van der Waals surface area contributed by atoms with Gasteiger partial charge in [0.1, 0.15) is 0 Å². The van der Waals surface area contributed by atoms with Gasteiger partial charge in [0.25, 0.3) is 0 Å². The maximum atomic E-state index is 12.7. The fourth-order valence-corrected chi connectivity index (χ4v) is 2.10. The van der Waals surface area contributed by atoms with E-state index in [4.69, 9.17) is 5.73 Å². The molecular formula is C14H18ClF3N2O. The number of halogens is 4. The molecule has 0 aromatic heterocycles. The lowest BCUT2D eigenvalue weighted by Crippen LogP contribution is -2.41. The molecule has 2 unspecified atom stereocenters. The Bertz CT molecular complexity index is 501. The molecule has 0 radical (unpaired) electrons. The van der Waals surface area contributed by atoms with Gasteiger partial charge in [-0.2, -0.15) is 13.2 Å². The van der Waals surface area contributed by atoms with Gasteiger partial charge in [-0.3, -0.25) is 4.79 Å². The van der Waals surface area contributed by atoms with E-state index in [0.717, 1.165) is 25.0 Å². The molecule has 1 saturated carbocycles. The van der Waals surface area contributed by atoms with Crippen LogP contribution in [-0.2, 0) is 11.0 Å². The quantitative estimate of drug-likeness (QED) is 0.895. The SMILES string of the molecule is CC(N)C(=O)NC(c1cccc(C(F)(F)F)c1)C1CC1.Cl. The van der Waals surface area contributed by atoms with Crippen LogP contribution in [0.2, 0.25) is 0 Å². The summed E-state index contributed by atoms with van der Waals surface area (Å²) in [5, 5.41) is 2.74. The standard InChI is InChI=1S/C14H17F3N2O.ClH/c1-8(18)13(20)19-12(9-5-6-9)10-3-2-4-11(7-10)14(15,16)17;/h2-4,7-9,12H,5-6,18H2,1H3,(H,19,20);1H. The van der Waals surface area contributed by atoms with Crippen molar-refractivity contribution in [2.75, 3.05) is 0 Å². The average molecular weight is 323 g/mol. The third-order valence-corrected chi connectivity index (χ3v) is 3.38. The lowest BCUT2D eigenvalue weighted by Gasteiger charge is -2.21. The third-order valence-electron chi connectivity index (χ3n) is 3.38. The van der Waals surface area contributed by atoms with Gasteiger partial charge in [-0.25, -0.2) is 0 Å². The minimum absolute atomic E-state index is 0. The molecule has 1 aliphatic rings. The summed E-state index contributed by atoms with van der Waals surface area (Å²) < 4.78 is 38.2. The van der Waals surface area contributed by atoms with Crippen molar-refractivity contribution in [2.45, 2.75) is 38.0 Å². The molecular weight excluding hydrogens is 305 g/mol. The van der Waals surface area contributed by atoms with Gasteiger partial charge in [0.05, 0.1) is 17.6 Å². The second kappa shape index (κ2) is 6.66. The first kappa shape index (κ1) is 17.8. The predicted molar refractivity (Wildman–Crippen MR) is 75.9 cm³/mol. The summed E-state index contributed by atoms with van der Waals surface area (Å²) in [6.07, 6.45) is -2.57. The van der Waals surface area contributed by atoms with E-state index in [1.807, 2.05) is 0 Å². The van der Waals surface area contributed by atoms with Gasteiger partial charge < -0.3 is 11.1 Å². The molecule has 0 spiro atoms. The molecule has 2 rings (SSSR count). The number of nitrogens with one attached hydrogen (secondary N) is 1. The van der Waals surface area contributed by atoms with E-state index in [2.05, 4.69) is 5.32 Å². The van der Waals surface area contributed by atoms with Crippen LogP contribution >= 0.6 is 12.4 Å². The molecule has 118 valence electrons. The molecule has 0 saturated heterocycles. The number of alkyl halides is 3. The second-order valence-electron chi connectivity index (χ2n) is 5.24. The number of amides is 1. The summed E-state index contributed by atoms with van der Waals surface area (Å²) in [4.78, 5) is 11.7. The molecule has 1 amide bonds. The highest BCUT2D eigenvalue weighted by Crippen LogP contribution is 2.42.